The molecule has 0 unspecified atom stereocenters. The van der Waals surface area contributed by atoms with E-state index < -0.39 is 0 Å². The van der Waals surface area contributed by atoms with Crippen LogP contribution in [0.5, 0.6) is 0 Å². The Morgan fingerprint density at radius 2 is 1.92 bits per heavy atom. The molecular formula is C20H20N4O2. The lowest BCUT2D eigenvalue weighted by atomic mass is 10.2. The van der Waals surface area contributed by atoms with Crippen LogP contribution in [0.25, 0.3) is 11.3 Å². The van der Waals surface area contributed by atoms with Crippen molar-refractivity contribution in [3.8, 4) is 11.3 Å². The Bertz CT molecular complexity index is 934. The number of hydrogen-bond acceptors (Lipinski definition) is 4. The highest BCUT2D eigenvalue weighted by Crippen LogP contribution is 2.13. The van der Waals surface area contributed by atoms with Crippen LogP contribution < -0.4 is 10.9 Å². The summed E-state index contributed by atoms with van der Waals surface area (Å²) in [7, 11) is 0. The average Bonchev–Trinajstić information content (AvgIpc) is 2.66. The predicted octanol–water partition coefficient (Wildman–Crippen LogP) is 3.03. The molecule has 0 aliphatic heterocycles. The summed E-state index contributed by atoms with van der Waals surface area (Å²) in [4.78, 5) is 28.1. The Labute approximate surface area is 151 Å². The lowest BCUT2D eigenvalue weighted by molar-refractivity contribution is -0.116. The van der Waals surface area contributed by atoms with Crippen molar-refractivity contribution >= 4 is 11.6 Å². The summed E-state index contributed by atoms with van der Waals surface area (Å²) in [6, 6.07) is 14.5. The lowest BCUT2D eigenvalue weighted by Crippen LogP contribution is -2.23. The number of carbonyl (C=O) groups excluding carboxylic acids is 1. The SMILES string of the molecule is Cc1ccc(NC(=O)CCCn2nc(-c3cccnc3)ccc2=O)cc1. The van der Waals surface area contributed by atoms with E-state index in [-0.39, 0.29) is 11.5 Å². The Balaban J connectivity index is 1.58. The van der Waals surface area contributed by atoms with E-state index in [1.54, 1.807) is 18.5 Å². The Morgan fingerprint density at radius 3 is 2.65 bits per heavy atom. The maximum atomic E-state index is 12.0. The van der Waals surface area contributed by atoms with Crippen molar-refractivity contribution in [3.05, 3.63) is 76.8 Å². The monoisotopic (exact) mass is 348 g/mol. The van der Waals surface area contributed by atoms with Crippen molar-refractivity contribution in [1.29, 1.82) is 0 Å². The first-order chi connectivity index (χ1) is 12.6. The number of nitrogens with one attached hydrogen (secondary N) is 1. The number of anilines is 1. The van der Waals surface area contributed by atoms with Gasteiger partial charge < -0.3 is 5.32 Å². The van der Waals surface area contributed by atoms with Gasteiger partial charge in [-0.2, -0.15) is 5.10 Å². The highest BCUT2D eigenvalue weighted by Gasteiger charge is 2.06. The average molecular weight is 348 g/mol. The molecule has 0 saturated heterocycles. The first kappa shape index (κ1) is 17.5. The van der Waals surface area contributed by atoms with E-state index in [0.29, 0.717) is 25.1 Å². The maximum Gasteiger partial charge on any atom is 0.266 e. The second-order valence-electron chi connectivity index (χ2n) is 6.04. The molecule has 3 aromatic rings. The third-order valence-corrected chi connectivity index (χ3v) is 3.93. The van der Waals surface area contributed by atoms with Gasteiger partial charge in [-0.25, -0.2) is 4.68 Å². The molecule has 2 heterocycles. The largest absolute Gasteiger partial charge is 0.326 e. The maximum absolute atomic E-state index is 12.0. The normalized spacial score (nSPS) is 10.5. The zero-order chi connectivity index (χ0) is 18.4. The van der Waals surface area contributed by atoms with Gasteiger partial charge in [-0.05, 0) is 43.7 Å². The second-order valence-corrected chi connectivity index (χ2v) is 6.04. The molecule has 2 aromatic heterocycles. The number of benzene rings is 1. The van der Waals surface area contributed by atoms with E-state index in [4.69, 9.17) is 0 Å². The standard InChI is InChI=1S/C20H20N4O2/c1-15-6-8-17(9-7-15)22-19(25)5-3-13-24-20(26)11-10-18(23-24)16-4-2-12-21-14-16/h2,4,6-12,14H,3,5,13H2,1H3,(H,22,25). The lowest BCUT2D eigenvalue weighted by Gasteiger charge is -2.08. The van der Waals surface area contributed by atoms with Gasteiger partial charge in [-0.15, -0.1) is 0 Å². The summed E-state index contributed by atoms with van der Waals surface area (Å²) in [5.74, 6) is -0.0784. The van der Waals surface area contributed by atoms with E-state index >= 15 is 0 Å². The van der Waals surface area contributed by atoms with Crippen molar-refractivity contribution < 1.29 is 4.79 Å². The van der Waals surface area contributed by atoms with Crippen molar-refractivity contribution in [2.24, 2.45) is 0 Å². The number of pyridine rings is 1. The smallest absolute Gasteiger partial charge is 0.266 e. The predicted molar refractivity (Wildman–Crippen MR) is 101 cm³/mol. The number of amides is 1. The number of rotatable bonds is 6. The van der Waals surface area contributed by atoms with Gasteiger partial charge in [0.05, 0.1) is 5.69 Å². The molecule has 6 nitrogen and oxygen atoms in total. The van der Waals surface area contributed by atoms with E-state index in [2.05, 4.69) is 15.4 Å². The van der Waals surface area contributed by atoms with E-state index in [9.17, 15) is 9.59 Å². The van der Waals surface area contributed by atoms with Gasteiger partial charge in [0, 0.05) is 42.7 Å². The molecule has 0 fully saturated rings. The second kappa shape index (κ2) is 8.20. The zero-order valence-corrected chi connectivity index (χ0v) is 14.6. The first-order valence-corrected chi connectivity index (χ1v) is 8.47. The van der Waals surface area contributed by atoms with Crippen LogP contribution in [0, 0.1) is 6.92 Å². The van der Waals surface area contributed by atoms with Crippen LogP contribution in [0.4, 0.5) is 5.69 Å². The molecular weight excluding hydrogens is 328 g/mol. The molecule has 0 radical (unpaired) electrons. The highest BCUT2D eigenvalue weighted by atomic mass is 16.1. The summed E-state index contributed by atoms with van der Waals surface area (Å²) in [5, 5.41) is 7.22. The summed E-state index contributed by atoms with van der Waals surface area (Å²) in [6.45, 7) is 2.38. The van der Waals surface area contributed by atoms with Gasteiger partial charge in [0.1, 0.15) is 0 Å². The van der Waals surface area contributed by atoms with Crippen LogP contribution in [0.1, 0.15) is 18.4 Å². The first-order valence-electron chi connectivity index (χ1n) is 8.47. The van der Waals surface area contributed by atoms with Crippen LogP contribution in [-0.2, 0) is 11.3 Å². The van der Waals surface area contributed by atoms with Crippen LogP contribution in [0.2, 0.25) is 0 Å². The molecule has 0 bridgehead atoms. The number of hydrogen-bond donors (Lipinski definition) is 1. The molecule has 1 amide bonds. The summed E-state index contributed by atoms with van der Waals surface area (Å²) >= 11 is 0. The van der Waals surface area contributed by atoms with Crippen LogP contribution in [0.3, 0.4) is 0 Å². The summed E-state index contributed by atoms with van der Waals surface area (Å²) in [5.41, 5.74) is 3.26. The van der Waals surface area contributed by atoms with Gasteiger partial charge in [-0.1, -0.05) is 17.7 Å². The van der Waals surface area contributed by atoms with Crippen LogP contribution >= 0.6 is 0 Å². The molecule has 1 N–H and O–H groups in total. The third kappa shape index (κ3) is 4.63. The molecule has 26 heavy (non-hydrogen) atoms. The number of aryl methyl sites for hydroxylation is 2. The topological polar surface area (TPSA) is 76.9 Å². The molecule has 6 heteroatoms. The third-order valence-electron chi connectivity index (χ3n) is 3.93. The molecule has 0 spiro atoms. The molecule has 0 atom stereocenters. The van der Waals surface area contributed by atoms with Crippen LogP contribution in [-0.4, -0.2) is 20.7 Å². The molecule has 132 valence electrons. The molecule has 0 aliphatic rings. The Morgan fingerprint density at radius 1 is 1.12 bits per heavy atom. The van der Waals surface area contributed by atoms with Crippen molar-refractivity contribution in [2.75, 3.05) is 5.32 Å². The fourth-order valence-electron chi connectivity index (χ4n) is 2.53. The van der Waals surface area contributed by atoms with Gasteiger partial charge in [-0.3, -0.25) is 14.6 Å². The fourth-order valence-corrected chi connectivity index (χ4v) is 2.53. The van der Waals surface area contributed by atoms with Gasteiger partial charge >= 0.3 is 0 Å². The molecule has 0 aliphatic carbocycles. The summed E-state index contributed by atoms with van der Waals surface area (Å²) < 4.78 is 1.39. The molecule has 0 saturated carbocycles. The Kier molecular flexibility index (Phi) is 5.53. The van der Waals surface area contributed by atoms with Gasteiger partial charge in [0.25, 0.3) is 5.56 Å². The number of aromatic nitrogens is 3. The minimum absolute atomic E-state index is 0.0784. The Hall–Kier alpha value is -3.28. The fraction of sp³-hybridized carbons (Fsp3) is 0.200. The number of carbonyl (C=O) groups is 1. The van der Waals surface area contributed by atoms with E-state index in [1.165, 1.54) is 10.7 Å². The molecule has 1 aromatic carbocycles. The van der Waals surface area contributed by atoms with Crippen LogP contribution in [0.15, 0.2) is 65.7 Å². The van der Waals surface area contributed by atoms with E-state index in [0.717, 1.165) is 16.8 Å². The van der Waals surface area contributed by atoms with E-state index in [1.807, 2.05) is 43.3 Å². The minimum atomic E-state index is -0.184. The van der Waals surface area contributed by atoms with Crippen molar-refractivity contribution in [1.82, 2.24) is 14.8 Å². The van der Waals surface area contributed by atoms with Gasteiger partial charge in [0.15, 0.2) is 0 Å². The summed E-state index contributed by atoms with van der Waals surface area (Å²) in [6.07, 6.45) is 4.23. The molecule has 3 rings (SSSR count). The zero-order valence-electron chi connectivity index (χ0n) is 14.6. The minimum Gasteiger partial charge on any atom is -0.326 e. The highest BCUT2D eigenvalue weighted by molar-refractivity contribution is 5.90. The van der Waals surface area contributed by atoms with Crippen molar-refractivity contribution in [3.63, 3.8) is 0 Å². The quantitative estimate of drug-likeness (QED) is 0.743. The van der Waals surface area contributed by atoms with Gasteiger partial charge in [0.2, 0.25) is 5.91 Å². The van der Waals surface area contributed by atoms with Crippen molar-refractivity contribution in [2.45, 2.75) is 26.3 Å². The number of nitrogens with zero attached hydrogens (tertiary/aromatic N) is 3.